The number of carbonyl (C=O) groups is 2. The summed E-state index contributed by atoms with van der Waals surface area (Å²) >= 11 is 0. The number of hydrogen-bond donors (Lipinski definition) is 2. The number of anilines is 1. The van der Waals surface area contributed by atoms with Gasteiger partial charge in [0.2, 0.25) is 0 Å². The number of hydrogen-bond acceptors (Lipinski definition) is 4. The Morgan fingerprint density at radius 2 is 2.14 bits per heavy atom. The summed E-state index contributed by atoms with van der Waals surface area (Å²) in [6.45, 7) is 1.85. The van der Waals surface area contributed by atoms with Gasteiger partial charge < -0.3 is 20.5 Å². The molecule has 7 nitrogen and oxygen atoms in total. The zero-order valence-electron chi connectivity index (χ0n) is 11.5. The number of benzene rings is 1. The lowest BCUT2D eigenvalue weighted by molar-refractivity contribution is 0.0691. The van der Waals surface area contributed by atoms with Gasteiger partial charge in [-0.15, -0.1) is 0 Å². The largest absolute Gasteiger partial charge is 0.489 e. The van der Waals surface area contributed by atoms with Crippen LogP contribution in [0, 0.1) is 0 Å². The van der Waals surface area contributed by atoms with E-state index in [1.807, 2.05) is 0 Å². The summed E-state index contributed by atoms with van der Waals surface area (Å²) in [5.74, 6) is -0.808. The molecule has 0 bridgehead atoms. The number of nitrogens with zero attached hydrogens (tertiary/aromatic N) is 2. The molecule has 3 N–H and O–H groups in total. The molecule has 2 amide bonds. The van der Waals surface area contributed by atoms with Crippen LogP contribution in [0.25, 0.3) is 0 Å². The van der Waals surface area contributed by atoms with E-state index in [0.29, 0.717) is 25.3 Å². The molecule has 21 heavy (non-hydrogen) atoms. The Labute approximate surface area is 121 Å². The molecule has 0 aliphatic carbocycles. The Kier molecular flexibility index (Phi) is 3.42. The lowest BCUT2D eigenvalue weighted by Crippen LogP contribution is -2.46. The molecule has 0 saturated carbocycles. The molecule has 1 aromatic carbocycles. The lowest BCUT2D eigenvalue weighted by Gasteiger charge is -2.33. The average molecular weight is 291 g/mol. The topological polar surface area (TPSA) is 96.1 Å². The number of carboxylic acids is 1. The summed E-state index contributed by atoms with van der Waals surface area (Å²) in [4.78, 5) is 27.1. The summed E-state index contributed by atoms with van der Waals surface area (Å²) in [5.41, 5.74) is 6.41. The number of amides is 2. The summed E-state index contributed by atoms with van der Waals surface area (Å²) in [7, 11) is 0. The molecule has 2 heterocycles. The van der Waals surface area contributed by atoms with Crippen molar-refractivity contribution in [3.05, 3.63) is 23.8 Å². The monoisotopic (exact) mass is 291 g/mol. The van der Waals surface area contributed by atoms with E-state index in [0.717, 1.165) is 6.42 Å². The Hall–Kier alpha value is -2.28. The lowest BCUT2D eigenvalue weighted by atomic mass is 10.1. The van der Waals surface area contributed by atoms with Crippen molar-refractivity contribution < 1.29 is 19.4 Å². The standard InChI is InChI=1S/C14H17N3O4/c15-9-4-5-16(8-9)14(20)17-6-7-21-12-10(13(18)19)2-1-3-11(12)17/h1-3,9H,4-8,15H2,(H,18,19). The van der Waals surface area contributed by atoms with Crippen molar-refractivity contribution in [3.63, 3.8) is 0 Å². The quantitative estimate of drug-likeness (QED) is 0.795. The van der Waals surface area contributed by atoms with Gasteiger partial charge in [-0.25, -0.2) is 9.59 Å². The van der Waals surface area contributed by atoms with Crippen LogP contribution in [0.15, 0.2) is 18.2 Å². The Bertz CT molecular complexity index is 590. The van der Waals surface area contributed by atoms with E-state index in [2.05, 4.69) is 0 Å². The molecule has 1 atom stereocenters. The summed E-state index contributed by atoms with van der Waals surface area (Å²) in [6.07, 6.45) is 0.790. The molecule has 1 unspecified atom stereocenters. The number of ether oxygens (including phenoxy) is 1. The van der Waals surface area contributed by atoms with Crippen molar-refractivity contribution in [2.45, 2.75) is 12.5 Å². The van der Waals surface area contributed by atoms with Crippen molar-refractivity contribution in [1.82, 2.24) is 4.90 Å². The molecule has 1 fully saturated rings. The molecule has 0 spiro atoms. The highest BCUT2D eigenvalue weighted by atomic mass is 16.5. The van der Waals surface area contributed by atoms with E-state index in [9.17, 15) is 14.7 Å². The molecule has 1 aromatic rings. The van der Waals surface area contributed by atoms with E-state index in [-0.39, 0.29) is 30.0 Å². The van der Waals surface area contributed by atoms with Crippen LogP contribution in [-0.2, 0) is 0 Å². The number of fused-ring (bicyclic) bond motifs is 1. The fourth-order valence-electron chi connectivity index (χ4n) is 2.75. The molecule has 7 heteroatoms. The predicted octanol–water partition coefficient (Wildman–Crippen LogP) is 0.737. The maximum atomic E-state index is 12.6. The van der Waals surface area contributed by atoms with Gasteiger partial charge in [0.05, 0.1) is 12.2 Å². The van der Waals surface area contributed by atoms with Gasteiger partial charge in [-0.2, -0.15) is 0 Å². The number of carboxylic acid groups (broad SMARTS) is 1. The first kappa shape index (κ1) is 13.7. The van der Waals surface area contributed by atoms with Gasteiger partial charge in [0, 0.05) is 19.1 Å². The van der Waals surface area contributed by atoms with Gasteiger partial charge in [0.25, 0.3) is 0 Å². The van der Waals surface area contributed by atoms with E-state index < -0.39 is 5.97 Å². The first-order valence-corrected chi connectivity index (χ1v) is 6.89. The fraction of sp³-hybridized carbons (Fsp3) is 0.429. The number of carbonyl (C=O) groups excluding carboxylic acids is 1. The smallest absolute Gasteiger partial charge is 0.339 e. The van der Waals surface area contributed by atoms with E-state index in [1.165, 1.54) is 6.07 Å². The van der Waals surface area contributed by atoms with Crippen LogP contribution < -0.4 is 15.4 Å². The third kappa shape index (κ3) is 2.40. The van der Waals surface area contributed by atoms with Gasteiger partial charge in [0.15, 0.2) is 5.75 Å². The highest BCUT2D eigenvalue weighted by Crippen LogP contribution is 2.35. The second-order valence-electron chi connectivity index (χ2n) is 5.24. The van der Waals surface area contributed by atoms with Crippen LogP contribution in [0.3, 0.4) is 0 Å². The van der Waals surface area contributed by atoms with Gasteiger partial charge in [-0.3, -0.25) is 4.90 Å². The van der Waals surface area contributed by atoms with Crippen molar-refractivity contribution in [1.29, 1.82) is 0 Å². The zero-order valence-corrected chi connectivity index (χ0v) is 11.5. The Morgan fingerprint density at radius 3 is 2.81 bits per heavy atom. The van der Waals surface area contributed by atoms with Crippen LogP contribution in [0.2, 0.25) is 0 Å². The minimum atomic E-state index is -1.07. The van der Waals surface area contributed by atoms with E-state index in [1.54, 1.807) is 21.9 Å². The minimum Gasteiger partial charge on any atom is -0.489 e. The van der Waals surface area contributed by atoms with Crippen LogP contribution >= 0.6 is 0 Å². The summed E-state index contributed by atoms with van der Waals surface area (Å²) in [5, 5.41) is 9.20. The number of para-hydroxylation sites is 1. The minimum absolute atomic E-state index is 0.0137. The number of likely N-dealkylation sites (tertiary alicyclic amines) is 1. The van der Waals surface area contributed by atoms with Crippen LogP contribution in [-0.4, -0.2) is 54.3 Å². The third-order valence-corrected chi connectivity index (χ3v) is 3.80. The molecular formula is C14H17N3O4. The fourth-order valence-corrected chi connectivity index (χ4v) is 2.75. The Balaban J connectivity index is 1.92. The van der Waals surface area contributed by atoms with E-state index >= 15 is 0 Å². The number of urea groups is 1. The first-order chi connectivity index (χ1) is 10.1. The van der Waals surface area contributed by atoms with Gasteiger partial charge >= 0.3 is 12.0 Å². The Morgan fingerprint density at radius 1 is 1.33 bits per heavy atom. The van der Waals surface area contributed by atoms with Crippen LogP contribution in [0.1, 0.15) is 16.8 Å². The zero-order chi connectivity index (χ0) is 15.0. The average Bonchev–Trinajstić information content (AvgIpc) is 2.91. The van der Waals surface area contributed by atoms with Crippen molar-refractivity contribution >= 4 is 17.7 Å². The van der Waals surface area contributed by atoms with E-state index in [4.69, 9.17) is 10.5 Å². The highest BCUT2D eigenvalue weighted by molar-refractivity contribution is 5.99. The second kappa shape index (κ2) is 5.25. The SMILES string of the molecule is NC1CCN(C(=O)N2CCOc3c(C(=O)O)cccc32)C1. The highest BCUT2D eigenvalue weighted by Gasteiger charge is 2.32. The van der Waals surface area contributed by atoms with Crippen LogP contribution in [0.5, 0.6) is 5.75 Å². The second-order valence-corrected chi connectivity index (χ2v) is 5.24. The number of aromatic carboxylic acids is 1. The number of nitrogens with two attached hydrogens (primary N) is 1. The predicted molar refractivity (Wildman–Crippen MR) is 75.8 cm³/mol. The van der Waals surface area contributed by atoms with Gasteiger partial charge in [0.1, 0.15) is 12.2 Å². The molecular weight excluding hydrogens is 274 g/mol. The normalized spacial score (nSPS) is 20.9. The van der Waals surface area contributed by atoms with Crippen molar-refractivity contribution in [2.75, 3.05) is 31.1 Å². The molecule has 2 aliphatic rings. The molecule has 3 rings (SSSR count). The molecule has 0 radical (unpaired) electrons. The third-order valence-electron chi connectivity index (χ3n) is 3.80. The van der Waals surface area contributed by atoms with Crippen molar-refractivity contribution in [2.24, 2.45) is 5.73 Å². The van der Waals surface area contributed by atoms with Crippen LogP contribution in [0.4, 0.5) is 10.5 Å². The van der Waals surface area contributed by atoms with Crippen molar-refractivity contribution in [3.8, 4) is 5.75 Å². The maximum Gasteiger partial charge on any atom is 0.339 e. The molecule has 112 valence electrons. The van der Waals surface area contributed by atoms with Gasteiger partial charge in [-0.1, -0.05) is 6.07 Å². The summed E-state index contributed by atoms with van der Waals surface area (Å²) in [6, 6.07) is 4.66. The maximum absolute atomic E-state index is 12.6. The van der Waals surface area contributed by atoms with Gasteiger partial charge in [-0.05, 0) is 18.6 Å². The number of rotatable bonds is 1. The first-order valence-electron chi connectivity index (χ1n) is 6.89. The molecule has 0 aromatic heterocycles. The summed E-state index contributed by atoms with van der Waals surface area (Å²) < 4.78 is 5.46. The molecule has 2 aliphatic heterocycles. The molecule has 1 saturated heterocycles.